The van der Waals surface area contributed by atoms with Crippen molar-refractivity contribution < 1.29 is 0 Å². The molecule has 3 fully saturated rings. The van der Waals surface area contributed by atoms with E-state index in [0.29, 0.717) is 12.1 Å². The molecule has 1 atom stereocenters. The molecular formula is C18H21ClN2S. The van der Waals surface area contributed by atoms with Gasteiger partial charge in [-0.15, -0.1) is 11.3 Å². The fourth-order valence-electron chi connectivity index (χ4n) is 3.87. The van der Waals surface area contributed by atoms with E-state index in [1.165, 1.54) is 42.9 Å². The van der Waals surface area contributed by atoms with Gasteiger partial charge < -0.3 is 4.90 Å². The second kappa shape index (κ2) is 6.32. The second-order valence-corrected chi connectivity index (χ2v) is 7.70. The predicted molar refractivity (Wildman–Crippen MR) is 93.8 cm³/mol. The zero-order valence-electron chi connectivity index (χ0n) is 12.6. The van der Waals surface area contributed by atoms with Crippen molar-refractivity contribution in [2.75, 3.05) is 26.2 Å². The van der Waals surface area contributed by atoms with Gasteiger partial charge in [-0.1, -0.05) is 29.8 Å². The van der Waals surface area contributed by atoms with Crippen LogP contribution < -0.4 is 0 Å². The fraction of sp³-hybridized carbons (Fsp3) is 0.444. The lowest BCUT2D eigenvalue weighted by Gasteiger charge is -2.37. The van der Waals surface area contributed by atoms with Gasteiger partial charge in [0.1, 0.15) is 0 Å². The van der Waals surface area contributed by atoms with Crippen LogP contribution in [0.25, 0.3) is 0 Å². The van der Waals surface area contributed by atoms with E-state index in [-0.39, 0.29) is 0 Å². The Hall–Kier alpha value is -0.870. The van der Waals surface area contributed by atoms with Crippen molar-refractivity contribution >= 4 is 22.9 Å². The molecular weight excluding hydrogens is 312 g/mol. The summed E-state index contributed by atoms with van der Waals surface area (Å²) in [6.07, 6.45) is 2.60. The molecule has 22 heavy (non-hydrogen) atoms. The average molecular weight is 333 g/mol. The lowest BCUT2D eigenvalue weighted by molar-refractivity contribution is 0.153. The minimum atomic E-state index is 0.375. The molecule has 0 amide bonds. The summed E-state index contributed by atoms with van der Waals surface area (Å²) in [5.41, 5.74) is 1.37. The summed E-state index contributed by atoms with van der Waals surface area (Å²) in [7, 11) is 0. The summed E-state index contributed by atoms with van der Waals surface area (Å²) in [4.78, 5) is 6.80. The van der Waals surface area contributed by atoms with Crippen LogP contribution in [-0.2, 0) is 0 Å². The first-order valence-electron chi connectivity index (χ1n) is 8.08. The molecule has 4 heteroatoms. The van der Waals surface area contributed by atoms with Crippen molar-refractivity contribution in [3.63, 3.8) is 0 Å². The highest BCUT2D eigenvalue weighted by Gasteiger charge is 2.34. The molecule has 116 valence electrons. The van der Waals surface area contributed by atoms with Gasteiger partial charge in [0.15, 0.2) is 0 Å². The Balaban J connectivity index is 1.72. The van der Waals surface area contributed by atoms with E-state index in [2.05, 4.69) is 39.4 Å². The summed E-state index contributed by atoms with van der Waals surface area (Å²) in [6, 6.07) is 14.0. The Morgan fingerprint density at radius 1 is 1.00 bits per heavy atom. The quantitative estimate of drug-likeness (QED) is 0.828. The van der Waals surface area contributed by atoms with Crippen LogP contribution in [0.1, 0.15) is 29.3 Å². The number of halogens is 1. The summed E-state index contributed by atoms with van der Waals surface area (Å²) in [5, 5.41) is 3.01. The predicted octanol–water partition coefficient (Wildman–Crippen LogP) is 4.27. The molecule has 2 aromatic rings. The maximum Gasteiger partial charge on any atom is 0.0698 e. The standard InChI is InChI=1S/C18H21ClN2S/c19-15-5-3-14(4-6-15)18(17-2-1-13-22-17)21-12-11-20-9-7-16(21)8-10-20/h1-6,13,16,18H,7-12H2. The third-order valence-corrected chi connectivity index (χ3v) is 6.21. The number of piperidine rings is 1. The minimum Gasteiger partial charge on any atom is -0.302 e. The van der Waals surface area contributed by atoms with Crippen molar-refractivity contribution in [3.8, 4) is 0 Å². The molecule has 3 aliphatic rings. The molecule has 1 unspecified atom stereocenters. The van der Waals surface area contributed by atoms with Gasteiger partial charge in [-0.2, -0.15) is 0 Å². The topological polar surface area (TPSA) is 6.48 Å². The molecule has 2 nitrogen and oxygen atoms in total. The Kier molecular flexibility index (Phi) is 4.23. The first-order chi connectivity index (χ1) is 10.8. The monoisotopic (exact) mass is 332 g/mol. The third-order valence-electron chi connectivity index (χ3n) is 5.03. The van der Waals surface area contributed by atoms with Gasteiger partial charge in [-0.25, -0.2) is 0 Å². The van der Waals surface area contributed by atoms with E-state index < -0.39 is 0 Å². The Labute approximate surface area is 141 Å². The molecule has 3 aliphatic heterocycles. The number of rotatable bonds is 3. The van der Waals surface area contributed by atoms with Gasteiger partial charge in [-0.05, 0) is 55.1 Å². The highest BCUT2D eigenvalue weighted by Crippen LogP contribution is 2.37. The number of thiophene rings is 1. The van der Waals surface area contributed by atoms with Crippen molar-refractivity contribution in [2.24, 2.45) is 0 Å². The molecule has 5 rings (SSSR count). The maximum atomic E-state index is 6.10. The Morgan fingerprint density at radius 2 is 1.77 bits per heavy atom. The SMILES string of the molecule is Clc1ccc(C(c2cccs2)N2CCN3CCC2CC3)cc1. The number of benzene rings is 1. The van der Waals surface area contributed by atoms with Crippen LogP contribution in [0.2, 0.25) is 5.02 Å². The van der Waals surface area contributed by atoms with Crippen LogP contribution in [-0.4, -0.2) is 42.0 Å². The van der Waals surface area contributed by atoms with E-state index in [4.69, 9.17) is 11.6 Å². The van der Waals surface area contributed by atoms with Crippen LogP contribution in [0.3, 0.4) is 0 Å². The van der Waals surface area contributed by atoms with Gasteiger partial charge in [0.2, 0.25) is 0 Å². The first-order valence-corrected chi connectivity index (χ1v) is 9.34. The first kappa shape index (κ1) is 14.7. The van der Waals surface area contributed by atoms with E-state index >= 15 is 0 Å². The molecule has 0 aliphatic carbocycles. The van der Waals surface area contributed by atoms with Crippen LogP contribution >= 0.6 is 22.9 Å². The average Bonchev–Trinajstić information content (AvgIpc) is 2.92. The molecule has 1 aromatic heterocycles. The van der Waals surface area contributed by atoms with E-state index in [9.17, 15) is 0 Å². The van der Waals surface area contributed by atoms with Gasteiger partial charge in [0.05, 0.1) is 6.04 Å². The molecule has 3 saturated heterocycles. The molecule has 0 saturated carbocycles. The summed E-state index contributed by atoms with van der Waals surface area (Å²) in [6.45, 7) is 4.89. The van der Waals surface area contributed by atoms with Crippen LogP contribution in [0.15, 0.2) is 41.8 Å². The van der Waals surface area contributed by atoms with Crippen LogP contribution in [0, 0.1) is 0 Å². The van der Waals surface area contributed by atoms with Crippen LogP contribution in [0.4, 0.5) is 0 Å². The fourth-order valence-corrected chi connectivity index (χ4v) is 4.86. The summed E-state index contributed by atoms with van der Waals surface area (Å²) < 4.78 is 0. The molecule has 0 spiro atoms. The zero-order chi connectivity index (χ0) is 14.9. The summed E-state index contributed by atoms with van der Waals surface area (Å²) >= 11 is 7.97. The molecule has 1 aromatic carbocycles. The minimum absolute atomic E-state index is 0.375. The van der Waals surface area contributed by atoms with Gasteiger partial charge in [-0.3, -0.25) is 4.90 Å². The van der Waals surface area contributed by atoms with E-state index in [0.717, 1.165) is 11.6 Å². The maximum absolute atomic E-state index is 6.10. The van der Waals surface area contributed by atoms with Crippen molar-refractivity contribution in [3.05, 3.63) is 57.2 Å². The number of fused-ring (bicyclic) bond motifs is 4. The lowest BCUT2D eigenvalue weighted by Crippen LogP contribution is -2.40. The van der Waals surface area contributed by atoms with E-state index in [1.54, 1.807) is 0 Å². The summed E-state index contributed by atoms with van der Waals surface area (Å²) in [5.74, 6) is 0. The van der Waals surface area contributed by atoms with Crippen LogP contribution in [0.5, 0.6) is 0 Å². The molecule has 0 radical (unpaired) electrons. The highest BCUT2D eigenvalue weighted by molar-refractivity contribution is 7.10. The largest absolute Gasteiger partial charge is 0.302 e. The van der Waals surface area contributed by atoms with Gasteiger partial charge in [0, 0.05) is 29.0 Å². The second-order valence-electron chi connectivity index (χ2n) is 6.28. The number of hydrogen-bond acceptors (Lipinski definition) is 3. The van der Waals surface area contributed by atoms with Crippen molar-refractivity contribution in [1.82, 2.24) is 9.80 Å². The number of nitrogens with zero attached hydrogens (tertiary/aromatic N) is 2. The Morgan fingerprint density at radius 3 is 2.45 bits per heavy atom. The molecule has 2 bridgehead atoms. The van der Waals surface area contributed by atoms with Crippen molar-refractivity contribution in [2.45, 2.75) is 24.9 Å². The molecule has 0 N–H and O–H groups in total. The Bertz CT molecular complexity index is 603. The normalized spacial score (nSPS) is 26.8. The zero-order valence-corrected chi connectivity index (χ0v) is 14.2. The third kappa shape index (κ3) is 2.83. The van der Waals surface area contributed by atoms with Gasteiger partial charge >= 0.3 is 0 Å². The number of hydrogen-bond donors (Lipinski definition) is 0. The van der Waals surface area contributed by atoms with E-state index in [1.807, 2.05) is 23.5 Å². The highest BCUT2D eigenvalue weighted by atomic mass is 35.5. The van der Waals surface area contributed by atoms with Gasteiger partial charge in [0.25, 0.3) is 0 Å². The molecule has 4 heterocycles. The smallest absolute Gasteiger partial charge is 0.0698 e. The lowest BCUT2D eigenvalue weighted by atomic mass is 9.98. The van der Waals surface area contributed by atoms with Crippen molar-refractivity contribution in [1.29, 1.82) is 0 Å².